The number of hydrogen-bond donors (Lipinski definition) is 1. The van der Waals surface area contributed by atoms with Crippen LogP contribution in [0.1, 0.15) is 48.4 Å². The van der Waals surface area contributed by atoms with Crippen LogP contribution in [0.4, 0.5) is 0 Å². The standard InChI is InChI=1S/C23H28N2O/c26-23(11-10-18-12-14-24-15-13-18)25-17-21-9-5-4-8-20(21)16-22(25)19-6-2-1-3-7-19/h1-9,18,22,24H,10-17H2. The van der Waals surface area contributed by atoms with Gasteiger partial charge in [-0.15, -0.1) is 0 Å². The van der Waals surface area contributed by atoms with E-state index in [2.05, 4.69) is 58.7 Å². The topological polar surface area (TPSA) is 32.3 Å². The predicted octanol–water partition coefficient (Wildman–Crippen LogP) is 4.09. The molecule has 1 atom stereocenters. The van der Waals surface area contributed by atoms with E-state index < -0.39 is 0 Å². The predicted molar refractivity (Wildman–Crippen MR) is 105 cm³/mol. The zero-order valence-electron chi connectivity index (χ0n) is 15.4. The van der Waals surface area contributed by atoms with Gasteiger partial charge in [0.1, 0.15) is 0 Å². The van der Waals surface area contributed by atoms with Gasteiger partial charge in [0.25, 0.3) is 0 Å². The van der Waals surface area contributed by atoms with Gasteiger partial charge >= 0.3 is 0 Å². The second kappa shape index (κ2) is 8.05. The number of amides is 1. The SMILES string of the molecule is O=C(CCC1CCNCC1)N1Cc2ccccc2CC1c1ccccc1. The Morgan fingerprint density at radius 2 is 1.65 bits per heavy atom. The maximum atomic E-state index is 13.1. The van der Waals surface area contributed by atoms with Gasteiger partial charge in [-0.25, -0.2) is 0 Å². The number of carbonyl (C=O) groups excluding carboxylic acids is 1. The first-order chi connectivity index (χ1) is 12.8. The van der Waals surface area contributed by atoms with Crippen molar-refractivity contribution < 1.29 is 4.79 Å². The van der Waals surface area contributed by atoms with Crippen LogP contribution in [0.15, 0.2) is 54.6 Å². The quantitative estimate of drug-likeness (QED) is 0.902. The Labute approximate surface area is 156 Å². The summed E-state index contributed by atoms with van der Waals surface area (Å²) in [5.41, 5.74) is 3.93. The van der Waals surface area contributed by atoms with Gasteiger partial charge in [0.2, 0.25) is 5.91 Å². The van der Waals surface area contributed by atoms with Crippen molar-refractivity contribution in [1.29, 1.82) is 0 Å². The van der Waals surface area contributed by atoms with Crippen molar-refractivity contribution in [2.45, 2.75) is 44.7 Å². The van der Waals surface area contributed by atoms with Crippen molar-refractivity contribution in [2.75, 3.05) is 13.1 Å². The first kappa shape index (κ1) is 17.3. The lowest BCUT2D eigenvalue weighted by molar-refractivity contribution is -0.135. The molecule has 3 heteroatoms. The molecule has 0 aliphatic carbocycles. The monoisotopic (exact) mass is 348 g/mol. The lowest BCUT2D eigenvalue weighted by Crippen LogP contribution is -2.39. The van der Waals surface area contributed by atoms with Crippen LogP contribution in [0.5, 0.6) is 0 Å². The average Bonchev–Trinajstić information content (AvgIpc) is 2.72. The Morgan fingerprint density at radius 3 is 2.42 bits per heavy atom. The minimum atomic E-state index is 0.159. The van der Waals surface area contributed by atoms with E-state index in [1.54, 1.807) is 0 Å². The molecule has 136 valence electrons. The van der Waals surface area contributed by atoms with Gasteiger partial charge < -0.3 is 10.2 Å². The van der Waals surface area contributed by atoms with Crippen molar-refractivity contribution in [1.82, 2.24) is 10.2 Å². The average molecular weight is 348 g/mol. The number of carbonyl (C=O) groups is 1. The largest absolute Gasteiger partial charge is 0.331 e. The van der Waals surface area contributed by atoms with Gasteiger partial charge in [-0.1, -0.05) is 54.6 Å². The van der Waals surface area contributed by atoms with Crippen molar-refractivity contribution in [2.24, 2.45) is 5.92 Å². The highest BCUT2D eigenvalue weighted by molar-refractivity contribution is 5.77. The third kappa shape index (κ3) is 3.83. The Bertz CT molecular complexity index is 737. The van der Waals surface area contributed by atoms with Gasteiger partial charge in [-0.3, -0.25) is 4.79 Å². The van der Waals surface area contributed by atoms with E-state index in [1.807, 2.05) is 6.07 Å². The van der Waals surface area contributed by atoms with Crippen LogP contribution in [0.2, 0.25) is 0 Å². The van der Waals surface area contributed by atoms with E-state index in [0.29, 0.717) is 18.2 Å². The normalized spacial score (nSPS) is 20.6. The summed E-state index contributed by atoms with van der Waals surface area (Å²) in [5, 5.41) is 3.41. The fourth-order valence-corrected chi connectivity index (χ4v) is 4.40. The van der Waals surface area contributed by atoms with Crippen LogP contribution in [0, 0.1) is 5.92 Å². The number of rotatable bonds is 4. The molecule has 2 aromatic rings. The fraction of sp³-hybridized carbons (Fsp3) is 0.435. The summed E-state index contributed by atoms with van der Waals surface area (Å²) in [6, 6.07) is 19.2. The van der Waals surface area contributed by atoms with Crippen LogP contribution in [-0.4, -0.2) is 23.9 Å². The van der Waals surface area contributed by atoms with Gasteiger partial charge in [0.05, 0.1) is 6.04 Å². The lowest BCUT2D eigenvalue weighted by Gasteiger charge is -2.38. The molecule has 0 spiro atoms. The molecule has 2 heterocycles. The van der Waals surface area contributed by atoms with Gasteiger partial charge in [-0.2, -0.15) is 0 Å². The summed E-state index contributed by atoms with van der Waals surface area (Å²) >= 11 is 0. The second-order valence-electron chi connectivity index (χ2n) is 7.65. The molecule has 3 nitrogen and oxygen atoms in total. The molecule has 0 aromatic heterocycles. The molecule has 1 unspecified atom stereocenters. The number of fused-ring (bicyclic) bond motifs is 1. The molecule has 4 rings (SSSR count). The summed E-state index contributed by atoms with van der Waals surface area (Å²) in [5.74, 6) is 1.01. The van der Waals surface area contributed by atoms with Crippen LogP contribution in [-0.2, 0) is 17.8 Å². The van der Waals surface area contributed by atoms with Crippen LogP contribution >= 0.6 is 0 Å². The van der Waals surface area contributed by atoms with E-state index in [0.717, 1.165) is 32.5 Å². The summed E-state index contributed by atoms with van der Waals surface area (Å²) in [6.45, 7) is 2.94. The smallest absolute Gasteiger partial charge is 0.223 e. The number of hydrogen-bond acceptors (Lipinski definition) is 2. The zero-order valence-corrected chi connectivity index (χ0v) is 15.4. The molecular weight excluding hydrogens is 320 g/mol. The highest BCUT2D eigenvalue weighted by Gasteiger charge is 2.30. The minimum absolute atomic E-state index is 0.159. The van der Waals surface area contributed by atoms with Gasteiger partial charge in [0, 0.05) is 13.0 Å². The lowest BCUT2D eigenvalue weighted by atomic mass is 9.88. The van der Waals surface area contributed by atoms with E-state index in [1.165, 1.54) is 29.5 Å². The number of benzene rings is 2. The molecule has 2 aliphatic rings. The van der Waals surface area contributed by atoms with E-state index in [-0.39, 0.29) is 6.04 Å². The number of nitrogens with one attached hydrogen (secondary N) is 1. The number of piperidine rings is 1. The van der Waals surface area contributed by atoms with Crippen molar-refractivity contribution in [3.8, 4) is 0 Å². The highest BCUT2D eigenvalue weighted by Crippen LogP contribution is 2.34. The maximum absolute atomic E-state index is 13.1. The fourth-order valence-electron chi connectivity index (χ4n) is 4.40. The van der Waals surface area contributed by atoms with Crippen molar-refractivity contribution >= 4 is 5.91 Å². The van der Waals surface area contributed by atoms with Crippen LogP contribution in [0.3, 0.4) is 0 Å². The highest BCUT2D eigenvalue weighted by atomic mass is 16.2. The Hall–Kier alpha value is -2.13. The van der Waals surface area contributed by atoms with Gasteiger partial charge in [-0.05, 0) is 61.4 Å². The maximum Gasteiger partial charge on any atom is 0.223 e. The van der Waals surface area contributed by atoms with Crippen LogP contribution < -0.4 is 5.32 Å². The Balaban J connectivity index is 1.52. The van der Waals surface area contributed by atoms with Crippen LogP contribution in [0.25, 0.3) is 0 Å². The van der Waals surface area contributed by atoms with Crippen molar-refractivity contribution in [3.05, 3.63) is 71.3 Å². The molecule has 26 heavy (non-hydrogen) atoms. The molecular formula is C23H28N2O. The first-order valence-corrected chi connectivity index (χ1v) is 9.93. The molecule has 0 saturated carbocycles. The van der Waals surface area contributed by atoms with E-state index >= 15 is 0 Å². The van der Waals surface area contributed by atoms with E-state index in [4.69, 9.17) is 0 Å². The summed E-state index contributed by atoms with van der Waals surface area (Å²) in [6.07, 6.45) is 5.03. The second-order valence-corrected chi connectivity index (χ2v) is 7.65. The van der Waals surface area contributed by atoms with Crippen molar-refractivity contribution in [3.63, 3.8) is 0 Å². The van der Waals surface area contributed by atoms with E-state index in [9.17, 15) is 4.79 Å². The number of nitrogens with zero attached hydrogens (tertiary/aromatic N) is 1. The zero-order chi connectivity index (χ0) is 17.8. The molecule has 1 saturated heterocycles. The molecule has 1 fully saturated rings. The summed E-state index contributed by atoms with van der Waals surface area (Å²) in [7, 11) is 0. The molecule has 1 amide bonds. The molecule has 2 aromatic carbocycles. The Kier molecular flexibility index (Phi) is 5.35. The summed E-state index contributed by atoms with van der Waals surface area (Å²) in [4.78, 5) is 15.3. The van der Waals surface area contributed by atoms with Gasteiger partial charge in [0.15, 0.2) is 0 Å². The molecule has 0 bridgehead atoms. The molecule has 1 N–H and O–H groups in total. The third-order valence-electron chi connectivity index (χ3n) is 5.98. The Morgan fingerprint density at radius 1 is 0.962 bits per heavy atom. The minimum Gasteiger partial charge on any atom is -0.331 e. The summed E-state index contributed by atoms with van der Waals surface area (Å²) < 4.78 is 0. The first-order valence-electron chi connectivity index (χ1n) is 9.93. The molecule has 0 radical (unpaired) electrons. The molecule has 2 aliphatic heterocycles. The third-order valence-corrected chi connectivity index (χ3v) is 5.98.